The molecule has 6 nitrogen and oxygen atoms in total. The molecule has 2 aromatic rings. The second-order valence-corrected chi connectivity index (χ2v) is 8.13. The Hall–Kier alpha value is -3.15. The van der Waals surface area contributed by atoms with Gasteiger partial charge in [0, 0.05) is 23.5 Å². The van der Waals surface area contributed by atoms with E-state index < -0.39 is 5.41 Å². The van der Waals surface area contributed by atoms with Crippen molar-refractivity contribution in [3.05, 3.63) is 58.7 Å². The average molecular weight is 391 g/mol. The molecule has 0 radical (unpaired) electrons. The summed E-state index contributed by atoms with van der Waals surface area (Å²) in [5.41, 5.74) is 4.82. The first-order chi connectivity index (χ1) is 13.9. The molecule has 1 aliphatic heterocycles. The maximum atomic E-state index is 12.7. The fraction of sp³-hybridized carbons (Fsp3) is 0.348. The lowest BCUT2D eigenvalue weighted by molar-refractivity contribution is -0.130. The molecule has 0 aromatic heterocycles. The Morgan fingerprint density at radius 2 is 1.93 bits per heavy atom. The summed E-state index contributed by atoms with van der Waals surface area (Å²) in [5, 5.41) is 8.64. The number of benzene rings is 2. The first-order valence-corrected chi connectivity index (χ1v) is 10.0. The molecule has 29 heavy (non-hydrogen) atoms. The third kappa shape index (κ3) is 3.75. The highest BCUT2D eigenvalue weighted by Crippen LogP contribution is 2.36. The van der Waals surface area contributed by atoms with Gasteiger partial charge in [0.1, 0.15) is 0 Å². The Kier molecular flexibility index (Phi) is 4.86. The number of amides is 3. The molecular formula is C23H25N3O3. The van der Waals surface area contributed by atoms with Gasteiger partial charge in [-0.3, -0.25) is 14.4 Å². The summed E-state index contributed by atoms with van der Waals surface area (Å²) in [4.78, 5) is 36.6. The summed E-state index contributed by atoms with van der Waals surface area (Å²) in [6.07, 6.45) is 2.56. The fourth-order valence-electron chi connectivity index (χ4n) is 4.17. The van der Waals surface area contributed by atoms with Crippen LogP contribution in [0.2, 0.25) is 0 Å². The number of rotatable bonds is 4. The van der Waals surface area contributed by atoms with E-state index in [2.05, 4.69) is 16.0 Å². The zero-order valence-electron chi connectivity index (χ0n) is 16.7. The van der Waals surface area contributed by atoms with Crippen LogP contribution in [-0.2, 0) is 28.9 Å². The van der Waals surface area contributed by atoms with Crippen molar-refractivity contribution in [2.24, 2.45) is 5.41 Å². The van der Waals surface area contributed by atoms with Crippen LogP contribution >= 0.6 is 0 Å². The summed E-state index contributed by atoms with van der Waals surface area (Å²) in [5.74, 6) is -0.114. The molecule has 6 heteroatoms. The molecule has 0 saturated carbocycles. The van der Waals surface area contributed by atoms with Gasteiger partial charge >= 0.3 is 0 Å². The van der Waals surface area contributed by atoms with Gasteiger partial charge in [0.05, 0.1) is 11.8 Å². The van der Waals surface area contributed by atoms with Gasteiger partial charge in [0.25, 0.3) is 5.91 Å². The number of carbonyl (C=O) groups is 3. The Morgan fingerprint density at radius 3 is 2.72 bits per heavy atom. The average Bonchev–Trinajstić information content (AvgIpc) is 3.07. The summed E-state index contributed by atoms with van der Waals surface area (Å²) >= 11 is 0. The van der Waals surface area contributed by atoms with Crippen molar-refractivity contribution in [1.82, 2.24) is 5.32 Å². The monoisotopic (exact) mass is 391 g/mol. The van der Waals surface area contributed by atoms with Crippen molar-refractivity contribution < 1.29 is 14.4 Å². The van der Waals surface area contributed by atoms with E-state index >= 15 is 0 Å². The number of anilines is 2. The molecule has 3 N–H and O–H groups in total. The summed E-state index contributed by atoms with van der Waals surface area (Å²) in [6.45, 7) is 4.57. The lowest BCUT2D eigenvalue weighted by Gasteiger charge is -2.33. The second-order valence-electron chi connectivity index (χ2n) is 8.13. The lowest BCUT2D eigenvalue weighted by Crippen LogP contribution is -2.42. The fourth-order valence-corrected chi connectivity index (χ4v) is 4.17. The quantitative estimate of drug-likeness (QED) is 0.749. The second kappa shape index (κ2) is 7.35. The molecule has 150 valence electrons. The van der Waals surface area contributed by atoms with Crippen LogP contribution in [0.3, 0.4) is 0 Å². The highest BCUT2D eigenvalue weighted by atomic mass is 16.2. The minimum absolute atomic E-state index is 0.0298. The molecular weight excluding hydrogens is 366 g/mol. The molecule has 0 fully saturated rings. The zero-order chi connectivity index (χ0) is 20.6. The van der Waals surface area contributed by atoms with E-state index in [4.69, 9.17) is 0 Å². The highest BCUT2D eigenvalue weighted by molar-refractivity contribution is 6.05. The molecule has 0 saturated heterocycles. The van der Waals surface area contributed by atoms with Crippen LogP contribution < -0.4 is 16.0 Å². The van der Waals surface area contributed by atoms with E-state index in [1.807, 2.05) is 44.2 Å². The number of carbonyl (C=O) groups excluding carboxylic acids is 3. The van der Waals surface area contributed by atoms with Crippen LogP contribution in [0.25, 0.3) is 0 Å². The molecule has 1 heterocycles. The number of fused-ring (bicyclic) bond motifs is 2. The molecule has 0 bridgehead atoms. The Bertz CT molecular complexity index is 1010. The van der Waals surface area contributed by atoms with Gasteiger partial charge < -0.3 is 16.0 Å². The van der Waals surface area contributed by atoms with E-state index in [0.29, 0.717) is 30.6 Å². The van der Waals surface area contributed by atoms with Crippen LogP contribution in [0.5, 0.6) is 0 Å². The van der Waals surface area contributed by atoms with E-state index in [1.54, 1.807) is 6.07 Å². The minimum Gasteiger partial charge on any atom is -0.356 e. The third-order valence-electron chi connectivity index (χ3n) is 5.87. The van der Waals surface area contributed by atoms with Crippen molar-refractivity contribution >= 4 is 29.1 Å². The van der Waals surface area contributed by atoms with Crippen molar-refractivity contribution in [1.29, 1.82) is 0 Å². The number of nitrogens with one attached hydrogen (secondary N) is 3. The first-order valence-electron chi connectivity index (χ1n) is 10.0. The van der Waals surface area contributed by atoms with Gasteiger partial charge in [-0.05, 0) is 73.2 Å². The molecule has 1 aliphatic carbocycles. The molecule has 2 aromatic carbocycles. The van der Waals surface area contributed by atoms with Gasteiger partial charge in [-0.25, -0.2) is 0 Å². The molecule has 4 rings (SSSR count). The number of aryl methyl sites for hydroxylation is 1. The standard InChI is InChI=1S/C23H25N3O3/c1-3-24-22(29)23(2)9-8-14-10-15(4-5-16(14)13-23)21(28)25-18-6-7-19-17(11-18)12-20(27)26-19/h4-7,10-11H,3,8-9,12-13H2,1-2H3,(H,24,29)(H,25,28)(H,26,27). The highest BCUT2D eigenvalue weighted by Gasteiger charge is 2.36. The Balaban J connectivity index is 1.48. The SMILES string of the molecule is CCNC(=O)C1(C)CCc2cc(C(=O)Nc3ccc4c(c3)CC(=O)N4)ccc2C1. The normalized spacial score (nSPS) is 19.7. The maximum Gasteiger partial charge on any atom is 0.255 e. The summed E-state index contributed by atoms with van der Waals surface area (Å²) in [7, 11) is 0. The lowest BCUT2D eigenvalue weighted by atomic mass is 9.72. The van der Waals surface area contributed by atoms with Crippen molar-refractivity contribution in [3.8, 4) is 0 Å². The maximum absolute atomic E-state index is 12.7. The number of hydrogen-bond acceptors (Lipinski definition) is 3. The van der Waals surface area contributed by atoms with Crippen LogP contribution in [0, 0.1) is 5.41 Å². The van der Waals surface area contributed by atoms with Crippen molar-refractivity contribution in [2.75, 3.05) is 17.2 Å². The van der Waals surface area contributed by atoms with Gasteiger partial charge in [0.15, 0.2) is 0 Å². The predicted octanol–water partition coefficient (Wildman–Crippen LogP) is 3.06. The van der Waals surface area contributed by atoms with Gasteiger partial charge in [-0.15, -0.1) is 0 Å². The van der Waals surface area contributed by atoms with Crippen LogP contribution in [0.15, 0.2) is 36.4 Å². The first kappa shape index (κ1) is 19.2. The number of hydrogen-bond donors (Lipinski definition) is 3. The topological polar surface area (TPSA) is 87.3 Å². The smallest absolute Gasteiger partial charge is 0.255 e. The largest absolute Gasteiger partial charge is 0.356 e. The third-order valence-corrected chi connectivity index (χ3v) is 5.87. The molecule has 2 aliphatic rings. The Labute approximate surface area is 170 Å². The zero-order valence-corrected chi connectivity index (χ0v) is 16.7. The molecule has 3 amide bonds. The van der Waals surface area contributed by atoms with Gasteiger partial charge in [-0.1, -0.05) is 13.0 Å². The van der Waals surface area contributed by atoms with E-state index in [1.165, 1.54) is 0 Å². The van der Waals surface area contributed by atoms with Gasteiger partial charge in [0.2, 0.25) is 11.8 Å². The van der Waals surface area contributed by atoms with Crippen LogP contribution in [0.1, 0.15) is 47.3 Å². The molecule has 1 unspecified atom stereocenters. The van der Waals surface area contributed by atoms with E-state index in [-0.39, 0.29) is 17.7 Å². The van der Waals surface area contributed by atoms with E-state index in [0.717, 1.165) is 35.2 Å². The predicted molar refractivity (Wildman–Crippen MR) is 112 cm³/mol. The molecule has 1 atom stereocenters. The van der Waals surface area contributed by atoms with E-state index in [9.17, 15) is 14.4 Å². The molecule has 0 spiro atoms. The van der Waals surface area contributed by atoms with Crippen LogP contribution in [0.4, 0.5) is 11.4 Å². The Morgan fingerprint density at radius 1 is 1.10 bits per heavy atom. The van der Waals surface area contributed by atoms with Crippen molar-refractivity contribution in [2.45, 2.75) is 39.5 Å². The van der Waals surface area contributed by atoms with Crippen molar-refractivity contribution in [3.63, 3.8) is 0 Å². The van der Waals surface area contributed by atoms with Crippen LogP contribution in [-0.4, -0.2) is 24.3 Å². The minimum atomic E-state index is -0.400. The summed E-state index contributed by atoms with van der Waals surface area (Å²) < 4.78 is 0. The summed E-state index contributed by atoms with van der Waals surface area (Å²) in [6, 6.07) is 11.1. The van der Waals surface area contributed by atoms with Gasteiger partial charge in [-0.2, -0.15) is 0 Å².